The molecule has 0 bridgehead atoms. The highest BCUT2D eigenvalue weighted by molar-refractivity contribution is 5.68. The van der Waals surface area contributed by atoms with Gasteiger partial charge in [-0.3, -0.25) is 0 Å². The summed E-state index contributed by atoms with van der Waals surface area (Å²) in [5.41, 5.74) is 0.893. The third-order valence-electron chi connectivity index (χ3n) is 2.27. The summed E-state index contributed by atoms with van der Waals surface area (Å²) in [4.78, 5) is 10.6. The second kappa shape index (κ2) is 7.55. The molecule has 0 aromatic heterocycles. The Balaban J connectivity index is 2.92. The maximum Gasteiger partial charge on any atom is 0.341 e. The number of ether oxygens (including phenoxy) is 2. The van der Waals surface area contributed by atoms with Gasteiger partial charge in [0.1, 0.15) is 0 Å². The Bertz CT molecular complexity index is 393. The van der Waals surface area contributed by atoms with Gasteiger partial charge in [0.25, 0.3) is 0 Å². The number of aliphatic carboxylic acids is 1. The van der Waals surface area contributed by atoms with Crippen molar-refractivity contribution >= 4 is 5.97 Å². The molecule has 0 aliphatic rings. The molecule has 0 unspecified atom stereocenters. The van der Waals surface area contributed by atoms with E-state index in [-0.39, 0.29) is 6.61 Å². The van der Waals surface area contributed by atoms with Crippen LogP contribution in [0.1, 0.15) is 19.4 Å². The van der Waals surface area contributed by atoms with Crippen molar-refractivity contribution in [3.63, 3.8) is 0 Å². The van der Waals surface area contributed by atoms with E-state index in [4.69, 9.17) is 14.6 Å². The van der Waals surface area contributed by atoms with Crippen LogP contribution >= 0.6 is 0 Å². The molecule has 0 heterocycles. The van der Waals surface area contributed by atoms with Gasteiger partial charge in [0.05, 0.1) is 6.61 Å². The van der Waals surface area contributed by atoms with Crippen LogP contribution in [-0.2, 0) is 11.3 Å². The minimum Gasteiger partial charge on any atom is -0.490 e. The van der Waals surface area contributed by atoms with Gasteiger partial charge in [0, 0.05) is 12.1 Å². The van der Waals surface area contributed by atoms with E-state index in [2.05, 4.69) is 5.32 Å². The first kappa shape index (κ1) is 14.3. The molecule has 0 aliphatic carbocycles. The zero-order valence-electron chi connectivity index (χ0n) is 10.7. The molecule has 1 aromatic rings. The third-order valence-corrected chi connectivity index (χ3v) is 2.27. The molecule has 100 valence electrons. The molecular weight excluding hydrogens is 234 g/mol. The van der Waals surface area contributed by atoms with E-state index in [0.717, 1.165) is 12.1 Å². The van der Waals surface area contributed by atoms with Gasteiger partial charge in [-0.15, -0.1) is 0 Å². The normalized spacial score (nSPS) is 10.1. The summed E-state index contributed by atoms with van der Waals surface area (Å²) in [6.07, 6.45) is 0. The molecule has 0 spiro atoms. The first-order valence-corrected chi connectivity index (χ1v) is 5.99. The molecule has 0 saturated heterocycles. The molecule has 0 aliphatic heterocycles. The Morgan fingerprint density at radius 2 is 2.11 bits per heavy atom. The van der Waals surface area contributed by atoms with Crippen molar-refractivity contribution in [1.29, 1.82) is 0 Å². The summed E-state index contributed by atoms with van der Waals surface area (Å²) >= 11 is 0. The van der Waals surface area contributed by atoms with Crippen molar-refractivity contribution in [3.05, 3.63) is 23.8 Å². The van der Waals surface area contributed by atoms with Gasteiger partial charge in [-0.2, -0.15) is 0 Å². The molecule has 5 nitrogen and oxygen atoms in total. The molecule has 1 aromatic carbocycles. The van der Waals surface area contributed by atoms with Crippen LogP contribution in [0.25, 0.3) is 0 Å². The quantitative estimate of drug-likeness (QED) is 0.737. The fourth-order valence-corrected chi connectivity index (χ4v) is 1.53. The standard InChI is InChI=1S/C13H19NO4/c1-3-14-8-10-6-5-7-11(17-4-2)13(10)18-9-12(15)16/h5-7,14H,3-4,8-9H2,1-2H3,(H,15,16). The summed E-state index contributed by atoms with van der Waals surface area (Å²) in [6.45, 7) is 5.46. The highest BCUT2D eigenvalue weighted by atomic mass is 16.5. The lowest BCUT2D eigenvalue weighted by Gasteiger charge is -2.15. The number of nitrogens with one attached hydrogen (secondary N) is 1. The van der Waals surface area contributed by atoms with Crippen LogP contribution in [0.3, 0.4) is 0 Å². The molecular formula is C13H19NO4. The van der Waals surface area contributed by atoms with Gasteiger partial charge >= 0.3 is 5.97 Å². The summed E-state index contributed by atoms with van der Waals surface area (Å²) < 4.78 is 10.8. The zero-order chi connectivity index (χ0) is 13.4. The summed E-state index contributed by atoms with van der Waals surface area (Å²) in [5.74, 6) is 0.0764. The summed E-state index contributed by atoms with van der Waals surface area (Å²) in [5, 5.41) is 11.9. The number of carbonyl (C=O) groups is 1. The number of benzene rings is 1. The first-order chi connectivity index (χ1) is 8.69. The number of carboxylic acids is 1. The molecule has 5 heteroatoms. The van der Waals surface area contributed by atoms with Crippen LogP contribution in [0.15, 0.2) is 18.2 Å². The molecule has 1 rings (SSSR count). The van der Waals surface area contributed by atoms with Crippen molar-refractivity contribution in [2.45, 2.75) is 20.4 Å². The van der Waals surface area contributed by atoms with Crippen molar-refractivity contribution in [2.24, 2.45) is 0 Å². The van der Waals surface area contributed by atoms with Crippen LogP contribution in [0.4, 0.5) is 0 Å². The predicted molar refractivity (Wildman–Crippen MR) is 68.1 cm³/mol. The van der Waals surface area contributed by atoms with Crippen LogP contribution < -0.4 is 14.8 Å². The lowest BCUT2D eigenvalue weighted by molar-refractivity contribution is -0.139. The van der Waals surface area contributed by atoms with Crippen molar-refractivity contribution in [3.8, 4) is 11.5 Å². The highest BCUT2D eigenvalue weighted by Crippen LogP contribution is 2.31. The summed E-state index contributed by atoms with van der Waals surface area (Å²) in [7, 11) is 0. The minimum absolute atomic E-state index is 0.372. The number of hydrogen-bond acceptors (Lipinski definition) is 4. The Labute approximate surface area is 107 Å². The topological polar surface area (TPSA) is 67.8 Å². The first-order valence-electron chi connectivity index (χ1n) is 5.99. The Hall–Kier alpha value is -1.75. The van der Waals surface area contributed by atoms with Gasteiger partial charge in [-0.05, 0) is 19.5 Å². The van der Waals surface area contributed by atoms with Gasteiger partial charge in [0.15, 0.2) is 18.1 Å². The van der Waals surface area contributed by atoms with Crippen LogP contribution in [-0.4, -0.2) is 30.8 Å². The average Bonchev–Trinajstić information content (AvgIpc) is 2.35. The summed E-state index contributed by atoms with van der Waals surface area (Å²) in [6, 6.07) is 5.53. The largest absolute Gasteiger partial charge is 0.490 e. The van der Waals surface area contributed by atoms with Crippen LogP contribution in [0.5, 0.6) is 11.5 Å². The monoisotopic (exact) mass is 253 g/mol. The number of hydrogen-bond donors (Lipinski definition) is 2. The molecule has 0 saturated carbocycles. The van der Waals surface area contributed by atoms with Gasteiger partial charge in [-0.25, -0.2) is 4.79 Å². The van der Waals surface area contributed by atoms with Crippen molar-refractivity contribution in [2.75, 3.05) is 19.8 Å². The molecule has 2 N–H and O–H groups in total. The van der Waals surface area contributed by atoms with Gasteiger partial charge in [-0.1, -0.05) is 19.1 Å². The number of rotatable bonds is 8. The van der Waals surface area contributed by atoms with Gasteiger partial charge < -0.3 is 19.9 Å². The lowest BCUT2D eigenvalue weighted by atomic mass is 10.2. The van der Waals surface area contributed by atoms with Crippen molar-refractivity contribution in [1.82, 2.24) is 5.32 Å². The minimum atomic E-state index is -1.00. The Morgan fingerprint density at radius 3 is 2.72 bits per heavy atom. The van der Waals surface area contributed by atoms with E-state index < -0.39 is 5.97 Å². The maximum absolute atomic E-state index is 10.6. The van der Waals surface area contributed by atoms with Gasteiger partial charge in [0.2, 0.25) is 0 Å². The molecule has 18 heavy (non-hydrogen) atoms. The Morgan fingerprint density at radius 1 is 1.33 bits per heavy atom. The predicted octanol–water partition coefficient (Wildman–Crippen LogP) is 1.66. The highest BCUT2D eigenvalue weighted by Gasteiger charge is 2.12. The van der Waals surface area contributed by atoms with E-state index in [0.29, 0.717) is 24.7 Å². The smallest absolute Gasteiger partial charge is 0.341 e. The van der Waals surface area contributed by atoms with Crippen molar-refractivity contribution < 1.29 is 19.4 Å². The zero-order valence-corrected chi connectivity index (χ0v) is 10.7. The molecule has 0 amide bonds. The molecule has 0 atom stereocenters. The maximum atomic E-state index is 10.6. The van der Waals surface area contributed by atoms with E-state index in [9.17, 15) is 4.79 Å². The molecule has 0 radical (unpaired) electrons. The second-order valence-electron chi connectivity index (χ2n) is 3.64. The second-order valence-corrected chi connectivity index (χ2v) is 3.64. The van der Waals surface area contributed by atoms with E-state index in [1.54, 1.807) is 6.07 Å². The third kappa shape index (κ3) is 4.25. The SMILES string of the molecule is CCNCc1cccc(OCC)c1OCC(=O)O. The van der Waals surface area contributed by atoms with Crippen LogP contribution in [0.2, 0.25) is 0 Å². The van der Waals surface area contributed by atoms with E-state index >= 15 is 0 Å². The fourth-order valence-electron chi connectivity index (χ4n) is 1.53. The lowest BCUT2D eigenvalue weighted by Crippen LogP contribution is -2.15. The van der Waals surface area contributed by atoms with E-state index in [1.807, 2.05) is 26.0 Å². The number of para-hydroxylation sites is 1. The molecule has 0 fully saturated rings. The fraction of sp³-hybridized carbons (Fsp3) is 0.462. The van der Waals surface area contributed by atoms with E-state index in [1.165, 1.54) is 0 Å². The number of carboxylic acid groups (broad SMARTS) is 1. The Kier molecular flexibility index (Phi) is 6.00. The average molecular weight is 253 g/mol. The van der Waals surface area contributed by atoms with Crippen LogP contribution in [0, 0.1) is 0 Å².